The van der Waals surface area contributed by atoms with Crippen LogP contribution < -0.4 is 16.8 Å². The van der Waals surface area contributed by atoms with Gasteiger partial charge in [-0.25, -0.2) is 0 Å². The van der Waals surface area contributed by atoms with Crippen molar-refractivity contribution in [2.24, 2.45) is 0 Å². The quantitative estimate of drug-likeness (QED) is 0.491. The molecule has 0 radical (unpaired) electrons. The Hall–Kier alpha value is -2.36. The zero-order chi connectivity index (χ0) is 14.2. The van der Waals surface area contributed by atoms with E-state index in [1.807, 2.05) is 26.8 Å². The third-order valence-electron chi connectivity index (χ3n) is 3.63. The molecule has 0 saturated heterocycles. The SMILES string of the molecule is Cc1c(C)c(N)c(N)c(Nc2ccccc2O)c1C. The Kier molecular flexibility index (Phi) is 3.25. The van der Waals surface area contributed by atoms with E-state index in [0.29, 0.717) is 17.1 Å². The fourth-order valence-electron chi connectivity index (χ4n) is 2.08. The molecule has 0 heterocycles. The first-order valence-corrected chi connectivity index (χ1v) is 6.13. The lowest BCUT2D eigenvalue weighted by Gasteiger charge is -2.19. The van der Waals surface area contributed by atoms with Gasteiger partial charge < -0.3 is 21.9 Å². The Balaban J connectivity index is 2.56. The molecule has 4 heteroatoms. The summed E-state index contributed by atoms with van der Waals surface area (Å²) in [6.07, 6.45) is 0. The molecule has 19 heavy (non-hydrogen) atoms. The molecule has 0 saturated carbocycles. The molecule has 6 N–H and O–H groups in total. The van der Waals surface area contributed by atoms with E-state index in [9.17, 15) is 5.11 Å². The van der Waals surface area contributed by atoms with Crippen molar-refractivity contribution in [3.63, 3.8) is 0 Å². The molecule has 0 aromatic heterocycles. The van der Waals surface area contributed by atoms with Crippen molar-refractivity contribution >= 4 is 22.7 Å². The maximum absolute atomic E-state index is 9.81. The molecule has 0 bridgehead atoms. The van der Waals surface area contributed by atoms with Crippen LogP contribution in [0, 0.1) is 20.8 Å². The number of nitrogens with two attached hydrogens (primary N) is 2. The number of hydrogen-bond acceptors (Lipinski definition) is 4. The topological polar surface area (TPSA) is 84.3 Å². The molecule has 0 aliphatic carbocycles. The third-order valence-corrected chi connectivity index (χ3v) is 3.63. The van der Waals surface area contributed by atoms with Gasteiger partial charge in [0.1, 0.15) is 5.75 Å². The van der Waals surface area contributed by atoms with Crippen LogP contribution in [0.25, 0.3) is 0 Å². The first-order chi connectivity index (χ1) is 8.93. The summed E-state index contributed by atoms with van der Waals surface area (Å²) in [6.45, 7) is 5.95. The molecule has 100 valence electrons. The molecule has 0 atom stereocenters. The van der Waals surface area contributed by atoms with Gasteiger partial charge in [-0.2, -0.15) is 0 Å². The first kappa shape index (κ1) is 13.1. The number of para-hydroxylation sites is 2. The van der Waals surface area contributed by atoms with E-state index in [0.717, 1.165) is 22.4 Å². The zero-order valence-corrected chi connectivity index (χ0v) is 11.4. The largest absolute Gasteiger partial charge is 0.506 e. The predicted octanol–water partition coefficient (Wildman–Crippen LogP) is 3.23. The highest BCUT2D eigenvalue weighted by molar-refractivity contribution is 5.88. The normalized spacial score (nSPS) is 10.5. The van der Waals surface area contributed by atoms with Crippen LogP contribution in [0.2, 0.25) is 0 Å². The fourth-order valence-corrected chi connectivity index (χ4v) is 2.08. The van der Waals surface area contributed by atoms with Crippen molar-refractivity contribution in [2.45, 2.75) is 20.8 Å². The van der Waals surface area contributed by atoms with Crippen LogP contribution >= 0.6 is 0 Å². The van der Waals surface area contributed by atoms with Crippen molar-refractivity contribution in [3.8, 4) is 5.75 Å². The molecular formula is C15H19N3O. The maximum Gasteiger partial charge on any atom is 0.139 e. The summed E-state index contributed by atoms with van der Waals surface area (Å²) < 4.78 is 0. The van der Waals surface area contributed by atoms with E-state index in [1.165, 1.54) is 0 Å². The van der Waals surface area contributed by atoms with Crippen LogP contribution in [-0.4, -0.2) is 5.11 Å². The number of phenolic OH excluding ortho intramolecular Hbond substituents is 1. The Morgan fingerprint density at radius 2 is 1.53 bits per heavy atom. The minimum atomic E-state index is 0.179. The average molecular weight is 257 g/mol. The molecule has 0 amide bonds. The summed E-state index contributed by atoms with van der Waals surface area (Å²) in [5.41, 5.74) is 17.7. The molecule has 0 aliphatic heterocycles. The molecule has 0 spiro atoms. The average Bonchev–Trinajstić information content (AvgIpc) is 2.41. The minimum absolute atomic E-state index is 0.179. The van der Waals surface area contributed by atoms with Gasteiger partial charge in [0.15, 0.2) is 0 Å². The Morgan fingerprint density at radius 3 is 2.16 bits per heavy atom. The summed E-state index contributed by atoms with van der Waals surface area (Å²) in [5, 5.41) is 13.0. The second kappa shape index (κ2) is 4.72. The lowest BCUT2D eigenvalue weighted by molar-refractivity contribution is 0.478. The summed E-state index contributed by atoms with van der Waals surface area (Å²) >= 11 is 0. The van der Waals surface area contributed by atoms with Gasteiger partial charge in [-0.3, -0.25) is 0 Å². The Morgan fingerprint density at radius 1 is 0.895 bits per heavy atom. The molecule has 4 nitrogen and oxygen atoms in total. The molecule has 0 unspecified atom stereocenters. The summed E-state index contributed by atoms with van der Waals surface area (Å²) in [6, 6.07) is 7.03. The van der Waals surface area contributed by atoms with Gasteiger partial charge in [0.25, 0.3) is 0 Å². The van der Waals surface area contributed by atoms with Gasteiger partial charge >= 0.3 is 0 Å². The lowest BCUT2D eigenvalue weighted by Crippen LogP contribution is -2.07. The van der Waals surface area contributed by atoms with Crippen LogP contribution in [0.1, 0.15) is 16.7 Å². The van der Waals surface area contributed by atoms with Crippen LogP contribution in [-0.2, 0) is 0 Å². The van der Waals surface area contributed by atoms with E-state index in [4.69, 9.17) is 11.5 Å². The van der Waals surface area contributed by atoms with Crippen molar-refractivity contribution in [1.29, 1.82) is 0 Å². The van der Waals surface area contributed by atoms with Crippen molar-refractivity contribution in [2.75, 3.05) is 16.8 Å². The lowest BCUT2D eigenvalue weighted by atomic mass is 9.98. The van der Waals surface area contributed by atoms with E-state index >= 15 is 0 Å². The molecule has 0 aliphatic rings. The number of anilines is 4. The molecule has 2 aromatic rings. The molecular weight excluding hydrogens is 238 g/mol. The minimum Gasteiger partial charge on any atom is -0.506 e. The van der Waals surface area contributed by atoms with E-state index < -0.39 is 0 Å². The smallest absolute Gasteiger partial charge is 0.139 e. The zero-order valence-electron chi connectivity index (χ0n) is 11.4. The number of rotatable bonds is 2. The number of benzene rings is 2. The number of phenols is 1. The standard InChI is InChI=1S/C15H19N3O/c1-8-9(2)13(16)14(17)15(10(8)3)18-11-6-4-5-7-12(11)19/h4-7,18-19H,16-17H2,1-3H3. The van der Waals surface area contributed by atoms with E-state index in [2.05, 4.69) is 5.32 Å². The van der Waals surface area contributed by atoms with Crippen LogP contribution in [0.3, 0.4) is 0 Å². The second-order valence-corrected chi connectivity index (χ2v) is 4.72. The third kappa shape index (κ3) is 2.17. The molecule has 2 aromatic carbocycles. The fraction of sp³-hybridized carbons (Fsp3) is 0.200. The maximum atomic E-state index is 9.81. The van der Waals surface area contributed by atoms with Crippen LogP contribution in [0.5, 0.6) is 5.75 Å². The van der Waals surface area contributed by atoms with Crippen LogP contribution in [0.4, 0.5) is 22.7 Å². The number of nitrogens with one attached hydrogen (secondary N) is 1. The highest BCUT2D eigenvalue weighted by Gasteiger charge is 2.14. The van der Waals surface area contributed by atoms with Gasteiger partial charge in [-0.1, -0.05) is 12.1 Å². The summed E-state index contributed by atoms with van der Waals surface area (Å²) in [4.78, 5) is 0. The highest BCUT2D eigenvalue weighted by Crippen LogP contribution is 2.38. The van der Waals surface area contributed by atoms with E-state index in [1.54, 1.807) is 18.2 Å². The molecule has 0 fully saturated rings. The number of nitrogen functional groups attached to an aromatic ring is 2. The van der Waals surface area contributed by atoms with Crippen molar-refractivity contribution < 1.29 is 5.11 Å². The monoisotopic (exact) mass is 257 g/mol. The predicted molar refractivity (Wildman–Crippen MR) is 80.9 cm³/mol. The van der Waals surface area contributed by atoms with Gasteiger partial charge in [0, 0.05) is 0 Å². The number of hydrogen-bond donors (Lipinski definition) is 4. The van der Waals surface area contributed by atoms with Gasteiger partial charge in [-0.05, 0) is 49.6 Å². The van der Waals surface area contributed by atoms with Crippen molar-refractivity contribution in [3.05, 3.63) is 41.0 Å². The second-order valence-electron chi connectivity index (χ2n) is 4.72. The van der Waals surface area contributed by atoms with Gasteiger partial charge in [0.05, 0.1) is 22.7 Å². The highest BCUT2D eigenvalue weighted by atomic mass is 16.3. The summed E-state index contributed by atoms with van der Waals surface area (Å²) in [5.74, 6) is 0.179. The summed E-state index contributed by atoms with van der Waals surface area (Å²) in [7, 11) is 0. The number of aromatic hydroxyl groups is 1. The van der Waals surface area contributed by atoms with E-state index in [-0.39, 0.29) is 5.75 Å². The first-order valence-electron chi connectivity index (χ1n) is 6.13. The van der Waals surface area contributed by atoms with Gasteiger partial charge in [-0.15, -0.1) is 0 Å². The van der Waals surface area contributed by atoms with Gasteiger partial charge in [0.2, 0.25) is 0 Å². The Bertz CT molecular complexity index is 607. The van der Waals surface area contributed by atoms with Crippen LogP contribution in [0.15, 0.2) is 24.3 Å². The van der Waals surface area contributed by atoms with Crippen molar-refractivity contribution in [1.82, 2.24) is 0 Å². The molecule has 2 rings (SSSR count). The Labute approximate surface area is 113 Å².